The van der Waals surface area contributed by atoms with Gasteiger partial charge in [-0.05, 0) is 39.3 Å². The Labute approximate surface area is 88.6 Å². The lowest BCUT2D eigenvalue weighted by Crippen LogP contribution is -2.46. The van der Waals surface area contributed by atoms with Crippen molar-refractivity contribution in [1.29, 1.82) is 0 Å². The van der Waals surface area contributed by atoms with Crippen LogP contribution in [0.3, 0.4) is 0 Å². The van der Waals surface area contributed by atoms with Crippen LogP contribution in [0.4, 0.5) is 13.2 Å². The fourth-order valence-electron chi connectivity index (χ4n) is 1.66. The van der Waals surface area contributed by atoms with Gasteiger partial charge < -0.3 is 10.6 Å². The van der Waals surface area contributed by atoms with E-state index in [0.717, 1.165) is 13.0 Å². The van der Waals surface area contributed by atoms with Crippen molar-refractivity contribution in [3.63, 3.8) is 0 Å². The van der Waals surface area contributed by atoms with Gasteiger partial charge in [0.2, 0.25) is 0 Å². The first-order valence-electron chi connectivity index (χ1n) is 5.46. The summed E-state index contributed by atoms with van der Waals surface area (Å²) in [6, 6.07) is 0.270. The topological polar surface area (TPSA) is 24.1 Å². The molecule has 90 valence electrons. The molecule has 0 aliphatic heterocycles. The Kier molecular flexibility index (Phi) is 4.00. The van der Waals surface area contributed by atoms with Crippen LogP contribution in [-0.2, 0) is 0 Å². The van der Waals surface area contributed by atoms with Crippen LogP contribution in [0.2, 0.25) is 0 Å². The highest BCUT2D eigenvalue weighted by Crippen LogP contribution is 2.48. The van der Waals surface area contributed by atoms with E-state index in [1.807, 2.05) is 13.8 Å². The Morgan fingerprint density at radius 2 is 1.93 bits per heavy atom. The molecular weight excluding hydrogens is 205 g/mol. The molecule has 0 amide bonds. The highest BCUT2D eigenvalue weighted by atomic mass is 19.4. The molecule has 0 radical (unpaired) electrons. The molecule has 1 rings (SSSR count). The third-order valence-corrected chi connectivity index (χ3v) is 2.89. The molecular formula is C10H19F3N2. The summed E-state index contributed by atoms with van der Waals surface area (Å²) in [5, 5.41) is 5.80. The van der Waals surface area contributed by atoms with Crippen molar-refractivity contribution in [2.24, 2.45) is 0 Å². The van der Waals surface area contributed by atoms with Crippen LogP contribution in [0.15, 0.2) is 0 Å². The zero-order valence-corrected chi connectivity index (χ0v) is 9.25. The molecule has 1 fully saturated rings. The summed E-state index contributed by atoms with van der Waals surface area (Å²) in [6.07, 6.45) is -2.90. The Bertz CT molecular complexity index is 199. The van der Waals surface area contributed by atoms with Gasteiger partial charge in [-0.25, -0.2) is 0 Å². The molecule has 1 aliphatic rings. The molecule has 0 aromatic heterocycles. The van der Waals surface area contributed by atoms with Crippen molar-refractivity contribution < 1.29 is 13.2 Å². The molecule has 0 heterocycles. The van der Waals surface area contributed by atoms with Crippen LogP contribution >= 0.6 is 0 Å². The molecule has 1 saturated carbocycles. The van der Waals surface area contributed by atoms with Crippen LogP contribution < -0.4 is 10.6 Å². The molecule has 2 nitrogen and oxygen atoms in total. The van der Waals surface area contributed by atoms with Crippen LogP contribution in [0.25, 0.3) is 0 Å². The second-order valence-corrected chi connectivity index (χ2v) is 4.25. The zero-order chi connectivity index (χ0) is 11.5. The standard InChI is InChI=1S/C10H19F3N2/c1-3-14-8(2)4-7-15-9(5-6-9)10(11,12)13/h8,14-15H,3-7H2,1-2H3. The molecule has 1 aliphatic carbocycles. The quantitative estimate of drug-likeness (QED) is 0.721. The van der Waals surface area contributed by atoms with E-state index in [2.05, 4.69) is 10.6 Å². The third-order valence-electron chi connectivity index (χ3n) is 2.89. The smallest absolute Gasteiger partial charge is 0.314 e. The molecule has 0 aromatic carbocycles. The average molecular weight is 224 g/mol. The molecule has 1 unspecified atom stereocenters. The maximum absolute atomic E-state index is 12.5. The van der Waals surface area contributed by atoms with Gasteiger partial charge in [0, 0.05) is 6.04 Å². The second kappa shape index (κ2) is 4.70. The number of halogens is 3. The SMILES string of the molecule is CCNC(C)CCNC1(C(F)(F)F)CC1. The van der Waals surface area contributed by atoms with E-state index in [-0.39, 0.29) is 18.9 Å². The van der Waals surface area contributed by atoms with E-state index < -0.39 is 11.7 Å². The Hall–Kier alpha value is -0.290. The van der Waals surface area contributed by atoms with Crippen molar-refractivity contribution >= 4 is 0 Å². The van der Waals surface area contributed by atoms with Gasteiger partial charge in [0.25, 0.3) is 0 Å². The van der Waals surface area contributed by atoms with Crippen molar-refractivity contribution in [3.05, 3.63) is 0 Å². The summed E-state index contributed by atoms with van der Waals surface area (Å²) in [5.41, 5.74) is -1.56. The molecule has 0 bridgehead atoms. The van der Waals surface area contributed by atoms with Crippen molar-refractivity contribution in [1.82, 2.24) is 10.6 Å². The fourth-order valence-corrected chi connectivity index (χ4v) is 1.66. The van der Waals surface area contributed by atoms with Crippen LogP contribution in [0.5, 0.6) is 0 Å². The van der Waals surface area contributed by atoms with Crippen LogP contribution in [-0.4, -0.2) is 30.8 Å². The second-order valence-electron chi connectivity index (χ2n) is 4.25. The number of nitrogens with one attached hydrogen (secondary N) is 2. The van der Waals surface area contributed by atoms with E-state index >= 15 is 0 Å². The van der Waals surface area contributed by atoms with Gasteiger partial charge in [-0.3, -0.25) is 0 Å². The molecule has 5 heteroatoms. The third kappa shape index (κ3) is 3.34. The predicted octanol–water partition coefficient (Wildman–Crippen LogP) is 2.06. The average Bonchev–Trinajstić information content (AvgIpc) is 2.84. The fraction of sp³-hybridized carbons (Fsp3) is 1.00. The summed E-state index contributed by atoms with van der Waals surface area (Å²) < 4.78 is 37.5. The first kappa shape index (κ1) is 12.8. The van der Waals surface area contributed by atoms with Gasteiger partial charge in [0.15, 0.2) is 0 Å². The van der Waals surface area contributed by atoms with Crippen LogP contribution in [0.1, 0.15) is 33.1 Å². The van der Waals surface area contributed by atoms with Gasteiger partial charge in [0.05, 0.1) is 0 Å². The van der Waals surface area contributed by atoms with Gasteiger partial charge in [-0.1, -0.05) is 6.92 Å². The zero-order valence-electron chi connectivity index (χ0n) is 9.25. The first-order valence-corrected chi connectivity index (χ1v) is 5.46. The van der Waals surface area contributed by atoms with Crippen molar-refractivity contribution in [3.8, 4) is 0 Å². The molecule has 15 heavy (non-hydrogen) atoms. The van der Waals surface area contributed by atoms with E-state index in [1.54, 1.807) is 0 Å². The maximum Gasteiger partial charge on any atom is 0.406 e. The van der Waals surface area contributed by atoms with Gasteiger partial charge in [-0.15, -0.1) is 0 Å². The minimum absolute atomic E-state index is 0.228. The lowest BCUT2D eigenvalue weighted by Gasteiger charge is -2.22. The normalized spacial score (nSPS) is 21.4. The minimum atomic E-state index is -4.09. The van der Waals surface area contributed by atoms with Crippen molar-refractivity contribution in [2.45, 2.75) is 50.9 Å². The monoisotopic (exact) mass is 224 g/mol. The number of hydrogen-bond donors (Lipinski definition) is 2. The summed E-state index contributed by atoms with van der Waals surface area (Å²) in [5.74, 6) is 0. The highest BCUT2D eigenvalue weighted by Gasteiger charge is 2.62. The first-order chi connectivity index (χ1) is 6.91. The minimum Gasteiger partial charge on any atom is -0.314 e. The van der Waals surface area contributed by atoms with E-state index in [9.17, 15) is 13.2 Å². The number of rotatable bonds is 6. The molecule has 0 saturated heterocycles. The Morgan fingerprint density at radius 3 is 2.33 bits per heavy atom. The summed E-state index contributed by atoms with van der Waals surface area (Å²) in [7, 11) is 0. The van der Waals surface area contributed by atoms with Crippen molar-refractivity contribution in [2.75, 3.05) is 13.1 Å². The van der Waals surface area contributed by atoms with E-state index in [1.165, 1.54) is 0 Å². The lowest BCUT2D eigenvalue weighted by molar-refractivity contribution is -0.165. The summed E-state index contributed by atoms with van der Waals surface area (Å²) in [6.45, 7) is 5.25. The largest absolute Gasteiger partial charge is 0.406 e. The summed E-state index contributed by atoms with van der Waals surface area (Å²) in [4.78, 5) is 0. The lowest BCUT2D eigenvalue weighted by atomic mass is 10.2. The maximum atomic E-state index is 12.5. The molecule has 2 N–H and O–H groups in total. The number of hydrogen-bond acceptors (Lipinski definition) is 2. The van der Waals surface area contributed by atoms with Gasteiger partial charge in [0.1, 0.15) is 5.54 Å². The van der Waals surface area contributed by atoms with Crippen LogP contribution in [0, 0.1) is 0 Å². The highest BCUT2D eigenvalue weighted by molar-refractivity contribution is 5.07. The van der Waals surface area contributed by atoms with E-state index in [4.69, 9.17) is 0 Å². The molecule has 0 spiro atoms. The number of alkyl halides is 3. The summed E-state index contributed by atoms with van der Waals surface area (Å²) >= 11 is 0. The Morgan fingerprint density at radius 1 is 1.33 bits per heavy atom. The predicted molar refractivity (Wildman–Crippen MR) is 53.8 cm³/mol. The van der Waals surface area contributed by atoms with E-state index in [0.29, 0.717) is 6.54 Å². The van der Waals surface area contributed by atoms with Gasteiger partial charge in [-0.2, -0.15) is 13.2 Å². The molecule has 1 atom stereocenters. The molecule has 0 aromatic rings. The van der Waals surface area contributed by atoms with Gasteiger partial charge >= 0.3 is 6.18 Å². The Balaban J connectivity index is 2.21.